The van der Waals surface area contributed by atoms with E-state index in [1.165, 1.54) is 6.20 Å². The Hall–Kier alpha value is -1.29. The monoisotopic (exact) mass is 209 g/mol. The van der Waals surface area contributed by atoms with Gasteiger partial charge in [-0.2, -0.15) is 12.6 Å². The van der Waals surface area contributed by atoms with Crippen LogP contribution < -0.4 is 0 Å². The van der Waals surface area contributed by atoms with Crippen LogP contribution in [-0.2, 0) is 0 Å². The summed E-state index contributed by atoms with van der Waals surface area (Å²) in [5.74, 6) is -0.254. The number of rotatable bonds is 4. The highest BCUT2D eigenvalue weighted by molar-refractivity contribution is 7.80. The summed E-state index contributed by atoms with van der Waals surface area (Å²) in [5, 5.41) is 8.81. The third-order valence-corrected chi connectivity index (χ3v) is 1.89. The Kier molecular flexibility index (Phi) is 4.19. The van der Waals surface area contributed by atoms with Crippen LogP contribution in [0.15, 0.2) is 24.4 Å². The fraction of sp³-hybridized carbons (Fsp3) is 0.200. The summed E-state index contributed by atoms with van der Waals surface area (Å²) >= 11 is 4.05. The van der Waals surface area contributed by atoms with Crippen molar-refractivity contribution in [1.29, 1.82) is 0 Å². The molecule has 0 aliphatic heterocycles. The first kappa shape index (κ1) is 10.8. The first-order valence-electron chi connectivity index (χ1n) is 4.21. The van der Waals surface area contributed by atoms with Crippen molar-refractivity contribution in [1.82, 2.24) is 4.98 Å². The lowest BCUT2D eigenvalue weighted by molar-refractivity contribution is 0.0690. The van der Waals surface area contributed by atoms with Crippen LogP contribution in [0.25, 0.3) is 6.08 Å². The van der Waals surface area contributed by atoms with E-state index >= 15 is 0 Å². The van der Waals surface area contributed by atoms with Gasteiger partial charge in [0, 0.05) is 11.8 Å². The number of nitrogens with zero attached hydrogens (tertiary/aromatic N) is 1. The number of carboxylic acid groups (broad SMARTS) is 1. The molecule has 3 nitrogen and oxygen atoms in total. The van der Waals surface area contributed by atoms with Crippen LogP contribution >= 0.6 is 12.6 Å². The van der Waals surface area contributed by atoms with Crippen molar-refractivity contribution < 1.29 is 9.90 Å². The molecule has 1 N–H and O–H groups in total. The highest BCUT2D eigenvalue weighted by atomic mass is 32.1. The maximum absolute atomic E-state index is 10.7. The van der Waals surface area contributed by atoms with E-state index < -0.39 is 5.97 Å². The van der Waals surface area contributed by atoms with E-state index in [4.69, 9.17) is 5.11 Å². The molecule has 0 spiro atoms. The van der Waals surface area contributed by atoms with Crippen LogP contribution in [0.3, 0.4) is 0 Å². The van der Waals surface area contributed by atoms with Gasteiger partial charge >= 0.3 is 5.97 Å². The third kappa shape index (κ3) is 2.88. The molecule has 0 bridgehead atoms. The number of carboxylic acids is 1. The van der Waals surface area contributed by atoms with Crippen molar-refractivity contribution in [3.63, 3.8) is 0 Å². The summed E-state index contributed by atoms with van der Waals surface area (Å²) in [7, 11) is 0. The number of carbonyl (C=O) groups is 1. The second-order valence-electron chi connectivity index (χ2n) is 2.66. The standard InChI is InChI=1S/C10H11NO2S/c12-10(13)9-8(4-1-2-7-14)5-3-6-11-9/h1,3-6,14H,2,7H2,(H,12,13). The summed E-state index contributed by atoms with van der Waals surface area (Å²) in [5.41, 5.74) is 0.713. The van der Waals surface area contributed by atoms with Crippen molar-refractivity contribution in [3.8, 4) is 0 Å². The maximum atomic E-state index is 10.7. The highest BCUT2D eigenvalue weighted by Crippen LogP contribution is 2.08. The fourth-order valence-corrected chi connectivity index (χ4v) is 1.16. The lowest BCUT2D eigenvalue weighted by Crippen LogP contribution is -2.02. The van der Waals surface area contributed by atoms with Gasteiger partial charge in [-0.05, 0) is 18.2 Å². The quantitative estimate of drug-likeness (QED) is 0.747. The topological polar surface area (TPSA) is 50.2 Å². The van der Waals surface area contributed by atoms with Crippen molar-refractivity contribution >= 4 is 24.7 Å². The average molecular weight is 209 g/mol. The van der Waals surface area contributed by atoms with Crippen LogP contribution in [-0.4, -0.2) is 21.8 Å². The van der Waals surface area contributed by atoms with E-state index in [0.717, 1.165) is 12.2 Å². The van der Waals surface area contributed by atoms with Crippen LogP contribution in [0.4, 0.5) is 0 Å². The molecular weight excluding hydrogens is 198 g/mol. The van der Waals surface area contributed by atoms with Crippen LogP contribution in [0.1, 0.15) is 22.5 Å². The van der Waals surface area contributed by atoms with Gasteiger partial charge in [0.05, 0.1) is 0 Å². The molecule has 0 aliphatic carbocycles. The molecule has 14 heavy (non-hydrogen) atoms. The third-order valence-electron chi connectivity index (χ3n) is 1.63. The van der Waals surface area contributed by atoms with Gasteiger partial charge in [0.1, 0.15) is 0 Å². The minimum atomic E-state index is -1.00. The second kappa shape index (κ2) is 5.44. The molecule has 0 radical (unpaired) electrons. The Balaban J connectivity index is 2.90. The minimum Gasteiger partial charge on any atom is -0.476 e. The van der Waals surface area contributed by atoms with E-state index in [2.05, 4.69) is 17.6 Å². The lowest BCUT2D eigenvalue weighted by atomic mass is 10.1. The lowest BCUT2D eigenvalue weighted by Gasteiger charge is -1.98. The SMILES string of the molecule is O=C(O)c1ncccc1C=CCCS. The van der Waals surface area contributed by atoms with Crippen molar-refractivity contribution in [3.05, 3.63) is 35.7 Å². The predicted molar refractivity (Wildman–Crippen MR) is 58.7 cm³/mol. The number of hydrogen-bond donors (Lipinski definition) is 2. The molecule has 0 fully saturated rings. The van der Waals surface area contributed by atoms with E-state index in [0.29, 0.717) is 5.56 Å². The zero-order chi connectivity index (χ0) is 10.4. The molecule has 1 heterocycles. The maximum Gasteiger partial charge on any atom is 0.355 e. The molecule has 1 aromatic heterocycles. The van der Waals surface area contributed by atoms with E-state index in [1.54, 1.807) is 18.2 Å². The van der Waals surface area contributed by atoms with Crippen LogP contribution in [0.2, 0.25) is 0 Å². The number of allylic oxidation sites excluding steroid dienone is 1. The van der Waals surface area contributed by atoms with Gasteiger partial charge < -0.3 is 5.11 Å². The zero-order valence-electron chi connectivity index (χ0n) is 7.55. The molecule has 0 unspecified atom stereocenters. The number of aromatic nitrogens is 1. The number of pyridine rings is 1. The van der Waals surface area contributed by atoms with Gasteiger partial charge in [0.25, 0.3) is 0 Å². The number of thiol groups is 1. The highest BCUT2D eigenvalue weighted by Gasteiger charge is 2.07. The Labute approximate surface area is 87.9 Å². The first-order valence-corrected chi connectivity index (χ1v) is 4.84. The fourth-order valence-electron chi connectivity index (χ4n) is 1.02. The van der Waals surface area contributed by atoms with Gasteiger partial charge in [-0.25, -0.2) is 9.78 Å². The van der Waals surface area contributed by atoms with Gasteiger partial charge in [-0.15, -0.1) is 0 Å². The average Bonchev–Trinajstić information content (AvgIpc) is 2.19. The molecule has 0 saturated carbocycles. The molecule has 1 rings (SSSR count). The molecule has 0 atom stereocenters. The number of hydrogen-bond acceptors (Lipinski definition) is 3. The summed E-state index contributed by atoms with van der Waals surface area (Å²) < 4.78 is 0. The van der Waals surface area contributed by atoms with Gasteiger partial charge in [0.15, 0.2) is 5.69 Å². The smallest absolute Gasteiger partial charge is 0.355 e. The molecule has 0 aromatic carbocycles. The predicted octanol–water partition coefficient (Wildman–Crippen LogP) is 2.11. The van der Waals surface area contributed by atoms with E-state index in [-0.39, 0.29) is 5.69 Å². The normalized spacial score (nSPS) is 10.6. The van der Waals surface area contributed by atoms with Crippen molar-refractivity contribution in [2.45, 2.75) is 6.42 Å². The van der Waals surface area contributed by atoms with Crippen molar-refractivity contribution in [2.24, 2.45) is 0 Å². The number of aromatic carboxylic acids is 1. The molecule has 4 heteroatoms. The summed E-state index contributed by atoms with van der Waals surface area (Å²) in [6, 6.07) is 3.44. The zero-order valence-corrected chi connectivity index (χ0v) is 8.45. The second-order valence-corrected chi connectivity index (χ2v) is 3.11. The Morgan fingerprint density at radius 2 is 2.43 bits per heavy atom. The molecular formula is C10H11NO2S. The molecule has 74 valence electrons. The Morgan fingerprint density at radius 1 is 1.64 bits per heavy atom. The van der Waals surface area contributed by atoms with Gasteiger partial charge in [0.2, 0.25) is 0 Å². The minimum absolute atomic E-state index is 0.0860. The van der Waals surface area contributed by atoms with Crippen LogP contribution in [0.5, 0.6) is 0 Å². The van der Waals surface area contributed by atoms with Crippen molar-refractivity contribution in [2.75, 3.05) is 5.75 Å². The summed E-state index contributed by atoms with van der Waals surface area (Å²) in [4.78, 5) is 14.5. The van der Waals surface area contributed by atoms with Crippen LogP contribution in [0, 0.1) is 0 Å². The molecule has 0 aliphatic rings. The van der Waals surface area contributed by atoms with E-state index in [1.807, 2.05) is 6.08 Å². The van der Waals surface area contributed by atoms with E-state index in [9.17, 15) is 4.79 Å². The van der Waals surface area contributed by atoms with Gasteiger partial charge in [-0.1, -0.05) is 18.2 Å². The molecule has 0 amide bonds. The summed E-state index contributed by atoms with van der Waals surface area (Å²) in [6.45, 7) is 0. The largest absolute Gasteiger partial charge is 0.476 e. The van der Waals surface area contributed by atoms with Gasteiger partial charge in [-0.3, -0.25) is 0 Å². The first-order chi connectivity index (χ1) is 6.75. The molecule has 0 saturated heterocycles. The Morgan fingerprint density at radius 3 is 3.07 bits per heavy atom. The summed E-state index contributed by atoms with van der Waals surface area (Å²) in [6.07, 6.45) is 5.93. The molecule has 1 aromatic rings. The Bertz CT molecular complexity index is 350.